The van der Waals surface area contributed by atoms with Crippen LogP contribution < -0.4 is 5.32 Å². The average Bonchev–Trinajstić information content (AvgIpc) is 2.79. The molecule has 0 fully saturated rings. The van der Waals surface area contributed by atoms with Crippen LogP contribution >= 0.6 is 15.9 Å². The Morgan fingerprint density at radius 3 is 2.37 bits per heavy atom. The van der Waals surface area contributed by atoms with Crippen LogP contribution in [0, 0.1) is 6.92 Å². The van der Waals surface area contributed by atoms with Crippen molar-refractivity contribution in [2.75, 3.05) is 5.32 Å². The molecule has 0 aliphatic heterocycles. The van der Waals surface area contributed by atoms with E-state index in [1.165, 1.54) is 0 Å². The van der Waals surface area contributed by atoms with Gasteiger partial charge in [0.15, 0.2) is 10.2 Å². The SMILES string of the molecule is Cc1ccc(NC(C)(C(=O)O)c2ccc(Br)o2)cc1. The number of carboxylic acid groups (broad SMARTS) is 1. The largest absolute Gasteiger partial charge is 0.479 e. The number of hydrogen-bond acceptors (Lipinski definition) is 3. The first-order valence-corrected chi connectivity index (χ1v) is 6.55. The predicted octanol–water partition coefficient (Wildman–Crippen LogP) is 3.76. The van der Waals surface area contributed by atoms with E-state index >= 15 is 0 Å². The van der Waals surface area contributed by atoms with Crippen molar-refractivity contribution in [2.24, 2.45) is 0 Å². The number of aryl methyl sites for hydroxylation is 1. The van der Waals surface area contributed by atoms with Gasteiger partial charge >= 0.3 is 5.97 Å². The van der Waals surface area contributed by atoms with E-state index < -0.39 is 11.5 Å². The van der Waals surface area contributed by atoms with Gasteiger partial charge in [-0.15, -0.1) is 0 Å². The molecule has 1 aromatic carbocycles. The van der Waals surface area contributed by atoms with Crippen molar-refractivity contribution in [2.45, 2.75) is 19.4 Å². The van der Waals surface area contributed by atoms with Gasteiger partial charge in [0, 0.05) is 5.69 Å². The maximum Gasteiger partial charge on any atom is 0.337 e. The van der Waals surface area contributed by atoms with Crippen molar-refractivity contribution in [1.29, 1.82) is 0 Å². The van der Waals surface area contributed by atoms with Gasteiger partial charge < -0.3 is 14.8 Å². The molecule has 1 heterocycles. The third-order valence-electron chi connectivity index (χ3n) is 2.94. The van der Waals surface area contributed by atoms with Crippen LogP contribution in [0.1, 0.15) is 18.2 Å². The zero-order chi connectivity index (χ0) is 14.0. The number of benzene rings is 1. The van der Waals surface area contributed by atoms with Crippen molar-refractivity contribution < 1.29 is 14.3 Å². The standard InChI is InChI=1S/C14H14BrNO3/c1-9-3-5-10(6-4-9)16-14(2,13(17)18)11-7-8-12(15)19-11/h3-8,16H,1-2H3,(H,17,18). The second kappa shape index (κ2) is 5.09. The summed E-state index contributed by atoms with van der Waals surface area (Å²) in [7, 11) is 0. The van der Waals surface area contributed by atoms with Crippen LogP contribution in [0.4, 0.5) is 5.69 Å². The summed E-state index contributed by atoms with van der Waals surface area (Å²) in [6.07, 6.45) is 0. The lowest BCUT2D eigenvalue weighted by Gasteiger charge is -2.25. The van der Waals surface area contributed by atoms with Gasteiger partial charge in [0.25, 0.3) is 0 Å². The van der Waals surface area contributed by atoms with Crippen molar-refractivity contribution in [1.82, 2.24) is 0 Å². The second-order valence-corrected chi connectivity index (χ2v) is 5.31. The molecule has 2 aromatic rings. The first kappa shape index (κ1) is 13.7. The summed E-state index contributed by atoms with van der Waals surface area (Å²) >= 11 is 3.18. The summed E-state index contributed by atoms with van der Waals surface area (Å²) in [5.74, 6) is -0.664. The van der Waals surface area contributed by atoms with Gasteiger partial charge in [-0.25, -0.2) is 4.79 Å². The molecule has 0 aliphatic carbocycles. The summed E-state index contributed by atoms with van der Waals surface area (Å²) in [6, 6.07) is 10.8. The van der Waals surface area contributed by atoms with Gasteiger partial charge in [0.2, 0.25) is 0 Å². The molecular weight excluding hydrogens is 310 g/mol. The number of carboxylic acids is 1. The fraction of sp³-hybridized carbons (Fsp3) is 0.214. The van der Waals surface area contributed by atoms with Crippen LogP contribution in [0.15, 0.2) is 45.5 Å². The molecule has 0 aliphatic rings. The van der Waals surface area contributed by atoms with Crippen LogP contribution in [0.5, 0.6) is 0 Å². The first-order chi connectivity index (χ1) is 8.91. The molecule has 19 heavy (non-hydrogen) atoms. The predicted molar refractivity (Wildman–Crippen MR) is 76.2 cm³/mol. The maximum absolute atomic E-state index is 11.6. The van der Waals surface area contributed by atoms with Crippen molar-refractivity contribution in [3.8, 4) is 0 Å². The van der Waals surface area contributed by atoms with Crippen LogP contribution in [0.3, 0.4) is 0 Å². The molecule has 0 spiro atoms. The number of hydrogen-bond donors (Lipinski definition) is 2. The second-order valence-electron chi connectivity index (χ2n) is 4.52. The summed E-state index contributed by atoms with van der Waals surface area (Å²) in [6.45, 7) is 3.55. The topological polar surface area (TPSA) is 62.5 Å². The maximum atomic E-state index is 11.6. The van der Waals surface area contributed by atoms with Gasteiger partial charge in [-0.1, -0.05) is 17.7 Å². The fourth-order valence-corrected chi connectivity index (χ4v) is 2.04. The van der Waals surface area contributed by atoms with E-state index in [0.717, 1.165) is 11.3 Å². The molecule has 5 heteroatoms. The zero-order valence-electron chi connectivity index (χ0n) is 10.6. The number of rotatable bonds is 4. The summed E-state index contributed by atoms with van der Waals surface area (Å²) in [4.78, 5) is 11.6. The fourth-order valence-electron chi connectivity index (χ4n) is 1.73. The van der Waals surface area contributed by atoms with E-state index in [9.17, 15) is 9.90 Å². The third kappa shape index (κ3) is 2.81. The minimum Gasteiger partial charge on any atom is -0.479 e. The molecule has 0 saturated heterocycles. The van der Waals surface area contributed by atoms with Gasteiger partial charge in [-0.2, -0.15) is 0 Å². The highest BCUT2D eigenvalue weighted by Crippen LogP contribution is 2.29. The highest BCUT2D eigenvalue weighted by atomic mass is 79.9. The molecule has 0 amide bonds. The van der Waals surface area contributed by atoms with Gasteiger partial charge in [0.1, 0.15) is 5.76 Å². The molecule has 1 aromatic heterocycles. The minimum atomic E-state index is -1.32. The molecule has 0 radical (unpaired) electrons. The highest BCUT2D eigenvalue weighted by molar-refractivity contribution is 9.10. The Bertz CT molecular complexity index is 591. The lowest BCUT2D eigenvalue weighted by atomic mass is 9.98. The van der Waals surface area contributed by atoms with Crippen LogP contribution in [0.25, 0.3) is 0 Å². The zero-order valence-corrected chi connectivity index (χ0v) is 12.2. The molecule has 4 nitrogen and oxygen atoms in total. The Hall–Kier alpha value is -1.75. The monoisotopic (exact) mass is 323 g/mol. The molecular formula is C14H14BrNO3. The Kier molecular flexibility index (Phi) is 3.66. The number of nitrogens with one attached hydrogen (secondary N) is 1. The van der Waals surface area contributed by atoms with E-state index in [-0.39, 0.29) is 0 Å². The quantitative estimate of drug-likeness (QED) is 0.899. The Labute approximate surface area is 119 Å². The van der Waals surface area contributed by atoms with Crippen LogP contribution in [-0.2, 0) is 10.3 Å². The Morgan fingerprint density at radius 2 is 1.89 bits per heavy atom. The number of furan rings is 1. The van der Waals surface area contributed by atoms with Crippen LogP contribution in [0.2, 0.25) is 0 Å². The van der Waals surface area contributed by atoms with E-state index in [1.807, 2.05) is 31.2 Å². The molecule has 0 bridgehead atoms. The molecule has 100 valence electrons. The van der Waals surface area contributed by atoms with Crippen LogP contribution in [-0.4, -0.2) is 11.1 Å². The lowest BCUT2D eigenvalue weighted by Crippen LogP contribution is -2.40. The molecule has 2 rings (SSSR count). The Morgan fingerprint density at radius 1 is 1.26 bits per heavy atom. The van der Waals surface area contributed by atoms with Crippen molar-refractivity contribution in [3.05, 3.63) is 52.4 Å². The summed E-state index contributed by atoms with van der Waals surface area (Å²) in [5, 5.41) is 12.5. The van der Waals surface area contributed by atoms with E-state index in [1.54, 1.807) is 19.1 Å². The summed E-state index contributed by atoms with van der Waals surface area (Å²) in [5.41, 5.74) is 0.521. The highest BCUT2D eigenvalue weighted by Gasteiger charge is 2.38. The van der Waals surface area contributed by atoms with E-state index in [2.05, 4.69) is 21.2 Å². The Balaban J connectivity index is 2.35. The summed E-state index contributed by atoms with van der Waals surface area (Å²) < 4.78 is 5.88. The first-order valence-electron chi connectivity index (χ1n) is 5.76. The molecule has 0 saturated carbocycles. The van der Waals surface area contributed by atoms with Gasteiger partial charge in [0.05, 0.1) is 0 Å². The molecule has 1 atom stereocenters. The van der Waals surface area contributed by atoms with Gasteiger partial charge in [-0.05, 0) is 54.0 Å². The van der Waals surface area contributed by atoms with E-state index in [0.29, 0.717) is 10.4 Å². The lowest BCUT2D eigenvalue weighted by molar-refractivity contribution is -0.142. The smallest absolute Gasteiger partial charge is 0.337 e. The molecule has 1 unspecified atom stereocenters. The normalized spacial score (nSPS) is 13.8. The molecule has 2 N–H and O–H groups in total. The van der Waals surface area contributed by atoms with E-state index in [4.69, 9.17) is 4.42 Å². The number of carbonyl (C=O) groups is 1. The third-order valence-corrected chi connectivity index (χ3v) is 3.37. The number of halogens is 1. The van der Waals surface area contributed by atoms with Gasteiger partial charge in [-0.3, -0.25) is 0 Å². The van der Waals surface area contributed by atoms with Crippen molar-refractivity contribution in [3.63, 3.8) is 0 Å². The minimum absolute atomic E-state index is 0.340. The average molecular weight is 324 g/mol. The number of aliphatic carboxylic acids is 1. The van der Waals surface area contributed by atoms with Crippen molar-refractivity contribution >= 4 is 27.6 Å². The number of anilines is 1.